The smallest absolute Gasteiger partial charge is 0.141 e. The lowest BCUT2D eigenvalue weighted by atomic mass is 10.1. The maximum Gasteiger partial charge on any atom is 0.141 e. The van der Waals surface area contributed by atoms with Gasteiger partial charge in [-0.05, 0) is 65.2 Å². The van der Waals surface area contributed by atoms with Gasteiger partial charge in [-0.25, -0.2) is 0 Å². The van der Waals surface area contributed by atoms with Crippen molar-refractivity contribution in [2.45, 2.75) is 19.9 Å². The van der Waals surface area contributed by atoms with Gasteiger partial charge in [-0.1, -0.05) is 23.7 Å². The second kappa shape index (κ2) is 5.95. The van der Waals surface area contributed by atoms with Gasteiger partial charge in [-0.15, -0.1) is 0 Å². The van der Waals surface area contributed by atoms with Gasteiger partial charge in [0.25, 0.3) is 0 Å². The Morgan fingerprint density at radius 3 is 2.53 bits per heavy atom. The molecule has 0 amide bonds. The number of nitrogens with two attached hydrogens (primary N) is 1. The lowest BCUT2D eigenvalue weighted by molar-refractivity contribution is 0.475. The molecule has 19 heavy (non-hydrogen) atoms. The van der Waals surface area contributed by atoms with E-state index in [-0.39, 0.29) is 6.04 Å². The van der Waals surface area contributed by atoms with E-state index >= 15 is 0 Å². The normalized spacial score (nSPS) is 12.3. The van der Waals surface area contributed by atoms with Crippen LogP contribution in [0.5, 0.6) is 11.5 Å². The number of halogens is 2. The molecule has 2 rings (SSSR count). The minimum atomic E-state index is -0.00161. The fourth-order valence-electron chi connectivity index (χ4n) is 1.69. The summed E-state index contributed by atoms with van der Waals surface area (Å²) in [5.41, 5.74) is 7.94. The number of benzene rings is 2. The summed E-state index contributed by atoms with van der Waals surface area (Å²) in [5.74, 6) is 1.50. The van der Waals surface area contributed by atoms with Crippen LogP contribution in [-0.2, 0) is 0 Å². The minimum Gasteiger partial charge on any atom is -0.456 e. The van der Waals surface area contributed by atoms with Gasteiger partial charge < -0.3 is 10.5 Å². The van der Waals surface area contributed by atoms with Gasteiger partial charge in [0, 0.05) is 11.1 Å². The van der Waals surface area contributed by atoms with Crippen LogP contribution in [0.2, 0.25) is 5.02 Å². The van der Waals surface area contributed by atoms with Crippen molar-refractivity contribution in [1.29, 1.82) is 0 Å². The maximum absolute atomic E-state index is 5.98. The maximum atomic E-state index is 5.98. The van der Waals surface area contributed by atoms with Crippen LogP contribution >= 0.6 is 27.5 Å². The van der Waals surface area contributed by atoms with Crippen molar-refractivity contribution in [2.75, 3.05) is 0 Å². The van der Waals surface area contributed by atoms with Crippen LogP contribution in [-0.4, -0.2) is 0 Å². The zero-order chi connectivity index (χ0) is 14.0. The van der Waals surface area contributed by atoms with Crippen LogP contribution in [0.4, 0.5) is 0 Å². The highest BCUT2D eigenvalue weighted by atomic mass is 79.9. The molecule has 2 aromatic rings. The van der Waals surface area contributed by atoms with E-state index in [1.165, 1.54) is 0 Å². The lowest BCUT2D eigenvalue weighted by Gasteiger charge is -2.13. The first-order valence-electron chi connectivity index (χ1n) is 5.96. The highest BCUT2D eigenvalue weighted by Crippen LogP contribution is 2.34. The second-order valence-corrected chi connectivity index (χ2v) is 5.78. The number of hydrogen-bond acceptors (Lipinski definition) is 2. The van der Waals surface area contributed by atoms with Crippen LogP contribution in [0.15, 0.2) is 40.9 Å². The average molecular weight is 341 g/mol. The number of hydrogen-bond donors (Lipinski definition) is 1. The van der Waals surface area contributed by atoms with Crippen molar-refractivity contribution in [3.05, 3.63) is 57.0 Å². The highest BCUT2D eigenvalue weighted by Gasteiger charge is 2.08. The molecule has 0 saturated heterocycles. The van der Waals surface area contributed by atoms with E-state index in [4.69, 9.17) is 22.1 Å². The van der Waals surface area contributed by atoms with Crippen LogP contribution < -0.4 is 10.5 Å². The minimum absolute atomic E-state index is 0.00161. The van der Waals surface area contributed by atoms with Gasteiger partial charge in [-0.2, -0.15) is 0 Å². The second-order valence-electron chi connectivity index (χ2n) is 4.49. The third kappa shape index (κ3) is 3.50. The molecular weight excluding hydrogens is 326 g/mol. The monoisotopic (exact) mass is 339 g/mol. The molecule has 1 atom stereocenters. The quantitative estimate of drug-likeness (QED) is 0.831. The zero-order valence-electron chi connectivity index (χ0n) is 10.8. The molecule has 0 saturated carbocycles. The summed E-state index contributed by atoms with van der Waals surface area (Å²) in [6, 6.07) is 11.4. The molecule has 0 fully saturated rings. The summed E-state index contributed by atoms with van der Waals surface area (Å²) in [7, 11) is 0. The van der Waals surface area contributed by atoms with Gasteiger partial charge in [0.05, 0.1) is 4.47 Å². The van der Waals surface area contributed by atoms with Crippen LogP contribution in [0, 0.1) is 6.92 Å². The first-order chi connectivity index (χ1) is 8.97. The largest absolute Gasteiger partial charge is 0.456 e. The summed E-state index contributed by atoms with van der Waals surface area (Å²) >= 11 is 9.48. The number of rotatable bonds is 3. The highest BCUT2D eigenvalue weighted by molar-refractivity contribution is 9.10. The first kappa shape index (κ1) is 14.4. The predicted molar refractivity (Wildman–Crippen MR) is 83.0 cm³/mol. The van der Waals surface area contributed by atoms with Crippen LogP contribution in [0.25, 0.3) is 0 Å². The van der Waals surface area contributed by atoms with E-state index in [0.29, 0.717) is 5.02 Å². The Labute approximate surface area is 126 Å². The molecule has 0 aliphatic carbocycles. The molecule has 4 heteroatoms. The number of ether oxygens (including phenoxy) is 1. The fraction of sp³-hybridized carbons (Fsp3) is 0.200. The Morgan fingerprint density at radius 2 is 1.89 bits per heavy atom. The molecule has 0 radical (unpaired) electrons. The lowest BCUT2D eigenvalue weighted by Crippen LogP contribution is -2.04. The summed E-state index contributed by atoms with van der Waals surface area (Å²) in [4.78, 5) is 0. The van der Waals surface area contributed by atoms with Crippen LogP contribution in [0.3, 0.4) is 0 Å². The molecule has 0 aliphatic rings. The van der Waals surface area contributed by atoms with Crippen molar-refractivity contribution in [3.8, 4) is 11.5 Å². The van der Waals surface area contributed by atoms with Crippen molar-refractivity contribution in [3.63, 3.8) is 0 Å². The van der Waals surface area contributed by atoms with E-state index in [1.54, 1.807) is 0 Å². The first-order valence-corrected chi connectivity index (χ1v) is 7.13. The molecule has 2 nitrogen and oxygen atoms in total. The van der Waals surface area contributed by atoms with Gasteiger partial charge in [0.15, 0.2) is 0 Å². The van der Waals surface area contributed by atoms with E-state index in [0.717, 1.165) is 27.1 Å². The topological polar surface area (TPSA) is 35.2 Å². The van der Waals surface area contributed by atoms with Crippen molar-refractivity contribution in [2.24, 2.45) is 5.73 Å². The average Bonchev–Trinajstić information content (AvgIpc) is 2.36. The molecule has 0 heterocycles. The van der Waals surface area contributed by atoms with Gasteiger partial charge >= 0.3 is 0 Å². The fourth-order valence-corrected chi connectivity index (χ4v) is 2.32. The van der Waals surface area contributed by atoms with Gasteiger partial charge in [-0.3, -0.25) is 0 Å². The molecule has 0 bridgehead atoms. The third-order valence-electron chi connectivity index (χ3n) is 2.85. The summed E-state index contributed by atoms with van der Waals surface area (Å²) in [6.07, 6.45) is 0. The standard InChI is InChI=1S/C15H15BrClNO/c1-9-3-5-12(17)8-15(9)19-14-6-4-11(10(2)18)7-13(14)16/h3-8,10H,18H2,1-2H3/t10-/m0/s1. The van der Waals surface area contributed by atoms with Crippen molar-refractivity contribution in [1.82, 2.24) is 0 Å². The SMILES string of the molecule is Cc1ccc(Cl)cc1Oc1ccc([C@H](C)N)cc1Br. The van der Waals surface area contributed by atoms with E-state index in [1.807, 2.05) is 50.2 Å². The molecule has 0 aliphatic heterocycles. The van der Waals surface area contributed by atoms with Crippen LogP contribution in [0.1, 0.15) is 24.1 Å². The van der Waals surface area contributed by atoms with E-state index in [9.17, 15) is 0 Å². The van der Waals surface area contributed by atoms with Gasteiger partial charge in [0.1, 0.15) is 11.5 Å². The molecule has 100 valence electrons. The summed E-state index contributed by atoms with van der Waals surface area (Å²) in [6.45, 7) is 3.93. The molecule has 2 N–H and O–H groups in total. The Hall–Kier alpha value is -1.03. The van der Waals surface area contributed by atoms with Crippen molar-refractivity contribution >= 4 is 27.5 Å². The zero-order valence-corrected chi connectivity index (χ0v) is 13.1. The molecule has 0 aromatic heterocycles. The van der Waals surface area contributed by atoms with E-state index in [2.05, 4.69) is 15.9 Å². The molecular formula is C15H15BrClNO. The molecule has 0 unspecified atom stereocenters. The van der Waals surface area contributed by atoms with Crippen molar-refractivity contribution < 1.29 is 4.74 Å². The molecule has 0 spiro atoms. The Kier molecular flexibility index (Phi) is 4.50. The third-order valence-corrected chi connectivity index (χ3v) is 3.71. The Bertz CT molecular complexity index is 599. The van der Waals surface area contributed by atoms with Gasteiger partial charge in [0.2, 0.25) is 0 Å². The Morgan fingerprint density at radius 1 is 1.16 bits per heavy atom. The molecule has 2 aromatic carbocycles. The summed E-state index contributed by atoms with van der Waals surface area (Å²) in [5, 5.41) is 0.656. The van der Waals surface area contributed by atoms with E-state index < -0.39 is 0 Å². The predicted octanol–water partition coefficient (Wildman–Crippen LogP) is 5.22. The summed E-state index contributed by atoms with van der Waals surface area (Å²) < 4.78 is 6.76. The number of aryl methyl sites for hydroxylation is 1. The Balaban J connectivity index is 2.31.